The predicted octanol–water partition coefficient (Wildman–Crippen LogP) is 4.85. The number of piperazine rings is 1. The number of rotatable bonds is 7. The van der Waals surface area contributed by atoms with Crippen LogP contribution in [0.25, 0.3) is 0 Å². The van der Waals surface area contributed by atoms with Crippen LogP contribution in [-0.2, 0) is 6.54 Å². The van der Waals surface area contributed by atoms with Crippen LogP contribution >= 0.6 is 24.8 Å². The zero-order valence-electron chi connectivity index (χ0n) is 21.0. The summed E-state index contributed by atoms with van der Waals surface area (Å²) in [4.78, 5) is 16.0. The van der Waals surface area contributed by atoms with Crippen LogP contribution in [0.4, 0.5) is 33.5 Å². The Morgan fingerprint density at radius 3 is 2.56 bits per heavy atom. The number of nitrogens with zero attached hydrogens (tertiary/aromatic N) is 6. The Morgan fingerprint density at radius 2 is 1.89 bits per heavy atom. The number of halogens is 3. The molecule has 36 heavy (non-hydrogen) atoms. The summed E-state index contributed by atoms with van der Waals surface area (Å²) in [6.45, 7) is 11.4. The fraction of sp³-hybridized carbons (Fsp3) is 0.500. The molecule has 1 aliphatic heterocycles. The zero-order chi connectivity index (χ0) is 23.8. The highest BCUT2D eigenvalue weighted by Crippen LogP contribution is 2.42. The van der Waals surface area contributed by atoms with Gasteiger partial charge in [-0.3, -0.25) is 4.68 Å². The second-order valence-electron chi connectivity index (χ2n) is 9.24. The summed E-state index contributed by atoms with van der Waals surface area (Å²) in [5, 5.41) is 14.7. The smallest absolute Gasteiger partial charge is 0.230 e. The highest BCUT2D eigenvalue weighted by molar-refractivity contribution is 5.85. The van der Waals surface area contributed by atoms with Crippen LogP contribution in [-0.4, -0.2) is 50.4 Å². The summed E-state index contributed by atoms with van der Waals surface area (Å²) in [5.41, 5.74) is 3.11. The van der Waals surface area contributed by atoms with Crippen LogP contribution in [0.15, 0.2) is 18.3 Å². The molecule has 3 N–H and O–H groups in total. The molecule has 1 saturated carbocycles. The van der Waals surface area contributed by atoms with Gasteiger partial charge < -0.3 is 20.9 Å². The van der Waals surface area contributed by atoms with E-state index in [2.05, 4.69) is 49.8 Å². The van der Waals surface area contributed by atoms with E-state index in [1.807, 2.05) is 23.9 Å². The first-order valence-electron chi connectivity index (χ1n) is 12.0. The molecule has 2 fully saturated rings. The van der Waals surface area contributed by atoms with Crippen molar-refractivity contribution in [2.24, 2.45) is 0 Å². The van der Waals surface area contributed by atoms with Gasteiger partial charge in [0.1, 0.15) is 11.6 Å². The molecule has 0 bridgehead atoms. The van der Waals surface area contributed by atoms with Crippen molar-refractivity contribution >= 4 is 53.9 Å². The average molecular weight is 539 g/mol. The lowest BCUT2D eigenvalue weighted by Gasteiger charge is -2.34. The summed E-state index contributed by atoms with van der Waals surface area (Å²) in [7, 11) is 0. The van der Waals surface area contributed by atoms with Crippen LogP contribution in [0.3, 0.4) is 0 Å². The molecule has 4 heterocycles. The van der Waals surface area contributed by atoms with Crippen LogP contribution in [0.5, 0.6) is 0 Å². The van der Waals surface area contributed by atoms with Crippen molar-refractivity contribution in [2.75, 3.05) is 35.2 Å². The second-order valence-corrected chi connectivity index (χ2v) is 9.24. The first-order chi connectivity index (χ1) is 16.4. The third-order valence-corrected chi connectivity index (χ3v) is 6.41. The molecule has 3 aromatic heterocycles. The molecule has 3 aromatic rings. The Labute approximate surface area is 223 Å². The van der Waals surface area contributed by atoms with Gasteiger partial charge in [-0.05, 0) is 58.1 Å². The summed E-state index contributed by atoms with van der Waals surface area (Å²) in [6, 6.07) is 4.16. The van der Waals surface area contributed by atoms with E-state index in [-0.39, 0.29) is 36.5 Å². The normalized spacial score (nSPS) is 17.2. The molecule has 5 rings (SSSR count). The molecular weight excluding hydrogens is 504 g/mol. The largest absolute Gasteiger partial charge is 0.364 e. The van der Waals surface area contributed by atoms with Gasteiger partial charge in [0.25, 0.3) is 0 Å². The zero-order valence-corrected chi connectivity index (χ0v) is 22.6. The number of aryl methyl sites for hydroxylation is 3. The molecular formula is C24H34Cl2FN9. The van der Waals surface area contributed by atoms with Gasteiger partial charge in [0, 0.05) is 44.0 Å². The molecule has 2 aliphatic rings. The SMILES string of the molecule is CCn1nc(Nc2nc(Nc3cc(C4CC4)c(F)c(C)n3)ncc2N2CCNC(C)C2)cc1C.Cl.Cl. The van der Waals surface area contributed by atoms with Gasteiger partial charge in [-0.25, -0.2) is 14.4 Å². The maximum absolute atomic E-state index is 14.5. The summed E-state index contributed by atoms with van der Waals surface area (Å²) < 4.78 is 16.5. The van der Waals surface area contributed by atoms with Gasteiger partial charge in [-0.15, -0.1) is 24.8 Å². The van der Waals surface area contributed by atoms with Crippen molar-refractivity contribution in [1.82, 2.24) is 30.0 Å². The number of anilines is 5. The minimum absolute atomic E-state index is 0. The van der Waals surface area contributed by atoms with E-state index in [1.54, 1.807) is 13.0 Å². The highest BCUT2D eigenvalue weighted by atomic mass is 35.5. The summed E-state index contributed by atoms with van der Waals surface area (Å²) >= 11 is 0. The van der Waals surface area contributed by atoms with Gasteiger partial charge in [0.15, 0.2) is 11.6 Å². The van der Waals surface area contributed by atoms with Crippen molar-refractivity contribution in [3.05, 3.63) is 41.1 Å². The average Bonchev–Trinajstić information content (AvgIpc) is 3.59. The fourth-order valence-electron chi connectivity index (χ4n) is 4.47. The van der Waals surface area contributed by atoms with Gasteiger partial charge in [0.05, 0.1) is 17.6 Å². The lowest BCUT2D eigenvalue weighted by atomic mass is 10.1. The van der Waals surface area contributed by atoms with Gasteiger partial charge in [-0.2, -0.15) is 10.1 Å². The fourth-order valence-corrected chi connectivity index (χ4v) is 4.47. The Bertz CT molecular complexity index is 1200. The van der Waals surface area contributed by atoms with E-state index < -0.39 is 0 Å². The molecule has 0 amide bonds. The molecule has 0 spiro atoms. The number of nitrogens with one attached hydrogen (secondary N) is 3. The Balaban J connectivity index is 0.00000180. The first-order valence-corrected chi connectivity index (χ1v) is 12.0. The van der Waals surface area contributed by atoms with E-state index in [4.69, 9.17) is 4.98 Å². The quantitative estimate of drug-likeness (QED) is 0.393. The lowest BCUT2D eigenvalue weighted by Crippen LogP contribution is -2.49. The number of hydrogen-bond donors (Lipinski definition) is 3. The standard InChI is InChI=1S/C24H32FN9.2ClH/c1-5-34-15(3)10-21(32-34)29-23-19(33-9-8-26-14(2)13-33)12-27-24(31-23)30-20-11-18(17-6-7-17)22(25)16(4)28-20;;/h10-12,14,17,26H,5-9,13H2,1-4H3,(H2,27,28,29,30,31,32);2*1H. The third-order valence-electron chi connectivity index (χ3n) is 6.41. The highest BCUT2D eigenvalue weighted by Gasteiger charge is 2.28. The molecule has 196 valence electrons. The van der Waals surface area contributed by atoms with E-state index >= 15 is 0 Å². The first kappa shape index (κ1) is 27.9. The molecule has 12 heteroatoms. The minimum Gasteiger partial charge on any atom is -0.364 e. The van der Waals surface area contributed by atoms with Gasteiger partial charge in [0.2, 0.25) is 5.95 Å². The van der Waals surface area contributed by atoms with E-state index in [9.17, 15) is 4.39 Å². The van der Waals surface area contributed by atoms with Gasteiger partial charge in [-0.1, -0.05) is 0 Å². The van der Waals surface area contributed by atoms with Crippen LogP contribution < -0.4 is 20.9 Å². The molecule has 1 saturated heterocycles. The Morgan fingerprint density at radius 1 is 1.11 bits per heavy atom. The molecule has 1 aliphatic carbocycles. The monoisotopic (exact) mass is 537 g/mol. The summed E-state index contributed by atoms with van der Waals surface area (Å²) in [5.74, 6) is 2.45. The van der Waals surface area contributed by atoms with E-state index in [0.29, 0.717) is 29.3 Å². The third kappa shape index (κ3) is 5.99. The molecule has 0 aromatic carbocycles. The predicted molar refractivity (Wildman–Crippen MR) is 146 cm³/mol. The van der Waals surface area contributed by atoms with Crippen molar-refractivity contribution in [3.8, 4) is 0 Å². The Kier molecular flexibility index (Phi) is 8.97. The van der Waals surface area contributed by atoms with E-state index in [0.717, 1.165) is 61.8 Å². The van der Waals surface area contributed by atoms with Crippen LogP contribution in [0.2, 0.25) is 0 Å². The maximum atomic E-state index is 14.5. The molecule has 0 radical (unpaired) electrons. The number of aromatic nitrogens is 5. The van der Waals surface area contributed by atoms with Crippen molar-refractivity contribution in [1.29, 1.82) is 0 Å². The number of pyridine rings is 1. The van der Waals surface area contributed by atoms with Crippen molar-refractivity contribution < 1.29 is 4.39 Å². The second kappa shape index (κ2) is 11.6. The lowest BCUT2D eigenvalue weighted by molar-refractivity contribution is 0.484. The number of hydrogen-bond acceptors (Lipinski definition) is 8. The van der Waals surface area contributed by atoms with Crippen LogP contribution in [0.1, 0.15) is 49.6 Å². The maximum Gasteiger partial charge on any atom is 0.230 e. The van der Waals surface area contributed by atoms with E-state index in [1.165, 1.54) is 0 Å². The summed E-state index contributed by atoms with van der Waals surface area (Å²) in [6.07, 6.45) is 3.87. The molecule has 1 unspecified atom stereocenters. The molecule has 1 atom stereocenters. The van der Waals surface area contributed by atoms with Crippen LogP contribution in [0, 0.1) is 19.7 Å². The van der Waals surface area contributed by atoms with Gasteiger partial charge >= 0.3 is 0 Å². The minimum atomic E-state index is -0.207. The Hall–Kier alpha value is -2.69. The molecule has 9 nitrogen and oxygen atoms in total. The van der Waals surface area contributed by atoms with Crippen molar-refractivity contribution in [2.45, 2.75) is 59.0 Å². The topological polar surface area (TPSA) is 95.8 Å². The van der Waals surface area contributed by atoms with Crippen molar-refractivity contribution in [3.63, 3.8) is 0 Å².